The quantitative estimate of drug-likeness (QED) is 0.936. The summed E-state index contributed by atoms with van der Waals surface area (Å²) in [6, 6.07) is 1.63. The van der Waals surface area contributed by atoms with Crippen molar-refractivity contribution >= 4 is 17.2 Å². The van der Waals surface area contributed by atoms with Crippen LogP contribution in [0.4, 0.5) is 0 Å². The molecule has 3 heterocycles. The van der Waals surface area contributed by atoms with E-state index in [1.165, 1.54) is 16.2 Å². The van der Waals surface area contributed by atoms with Gasteiger partial charge in [0.05, 0.1) is 18.1 Å². The van der Waals surface area contributed by atoms with E-state index < -0.39 is 0 Å². The number of ether oxygens (including phenoxy) is 1. The topological polar surface area (TPSA) is 77.2 Å². The van der Waals surface area contributed by atoms with Crippen molar-refractivity contribution in [3.8, 4) is 0 Å². The van der Waals surface area contributed by atoms with E-state index in [9.17, 15) is 4.79 Å². The third-order valence-corrected chi connectivity index (χ3v) is 4.85. The fourth-order valence-corrected chi connectivity index (χ4v) is 3.48. The van der Waals surface area contributed by atoms with Crippen LogP contribution in [0.25, 0.3) is 0 Å². The van der Waals surface area contributed by atoms with Gasteiger partial charge in [-0.25, -0.2) is 0 Å². The largest absolute Gasteiger partial charge is 0.376 e. The zero-order valence-corrected chi connectivity index (χ0v) is 13.7. The van der Waals surface area contributed by atoms with E-state index in [-0.39, 0.29) is 17.9 Å². The molecule has 0 aromatic carbocycles. The van der Waals surface area contributed by atoms with Gasteiger partial charge in [0.2, 0.25) is 5.89 Å². The molecule has 1 unspecified atom stereocenters. The summed E-state index contributed by atoms with van der Waals surface area (Å²) in [6.07, 6.45) is 0.879. The average molecular weight is 321 g/mol. The molecule has 0 spiro atoms. The number of thiophene rings is 1. The summed E-state index contributed by atoms with van der Waals surface area (Å²) >= 11 is 1.54. The molecule has 0 saturated heterocycles. The number of carbonyl (C=O) groups is 1. The Kier molecular flexibility index (Phi) is 4.26. The summed E-state index contributed by atoms with van der Waals surface area (Å²) in [5, 5.41) is 6.81. The summed E-state index contributed by atoms with van der Waals surface area (Å²) in [7, 11) is 0. The molecule has 1 aliphatic heterocycles. The monoisotopic (exact) mass is 321 g/mol. The Morgan fingerprint density at radius 1 is 1.45 bits per heavy atom. The van der Waals surface area contributed by atoms with E-state index in [0.29, 0.717) is 23.2 Å². The number of nitrogens with one attached hydrogen (secondary N) is 1. The van der Waals surface area contributed by atoms with Gasteiger partial charge in [0.25, 0.3) is 5.91 Å². The maximum absolute atomic E-state index is 12.5. The van der Waals surface area contributed by atoms with Gasteiger partial charge < -0.3 is 14.6 Å². The minimum Gasteiger partial charge on any atom is -0.376 e. The van der Waals surface area contributed by atoms with E-state index >= 15 is 0 Å². The van der Waals surface area contributed by atoms with Gasteiger partial charge in [-0.1, -0.05) is 19.0 Å². The zero-order valence-electron chi connectivity index (χ0n) is 12.9. The summed E-state index contributed by atoms with van der Waals surface area (Å²) < 4.78 is 10.6. The van der Waals surface area contributed by atoms with Crippen LogP contribution in [-0.4, -0.2) is 22.7 Å². The molecule has 6 nitrogen and oxygen atoms in total. The summed E-state index contributed by atoms with van der Waals surface area (Å²) in [5.41, 5.74) is 1.12. The standard InChI is InChI=1S/C15H19N3O3S/c1-8(2)13(15-16-9(3)18-21-15)17-14(19)12-6-10-7-20-5-4-11(10)22-12/h6,8,13H,4-5,7H2,1-3H3,(H,17,19). The van der Waals surface area contributed by atoms with Crippen LogP contribution in [0.5, 0.6) is 0 Å². The molecule has 22 heavy (non-hydrogen) atoms. The zero-order chi connectivity index (χ0) is 15.7. The molecule has 2 aromatic rings. The first-order chi connectivity index (χ1) is 10.5. The van der Waals surface area contributed by atoms with Gasteiger partial charge >= 0.3 is 0 Å². The average Bonchev–Trinajstić information content (AvgIpc) is 3.10. The molecule has 1 N–H and O–H groups in total. The second-order valence-electron chi connectivity index (χ2n) is 5.74. The predicted octanol–water partition coefficient (Wildman–Crippen LogP) is 2.64. The van der Waals surface area contributed by atoms with Crippen LogP contribution < -0.4 is 5.32 Å². The van der Waals surface area contributed by atoms with Crippen LogP contribution in [0.3, 0.4) is 0 Å². The molecule has 0 radical (unpaired) electrons. The Morgan fingerprint density at radius 2 is 2.27 bits per heavy atom. The van der Waals surface area contributed by atoms with Crippen molar-refractivity contribution in [2.45, 2.75) is 39.8 Å². The van der Waals surface area contributed by atoms with Crippen molar-refractivity contribution in [3.05, 3.63) is 33.1 Å². The lowest BCUT2D eigenvalue weighted by molar-refractivity contribution is 0.0917. The molecule has 0 bridgehead atoms. The second kappa shape index (κ2) is 6.18. The number of amides is 1. The summed E-state index contributed by atoms with van der Waals surface area (Å²) in [4.78, 5) is 18.7. The lowest BCUT2D eigenvalue weighted by Gasteiger charge is -2.17. The van der Waals surface area contributed by atoms with Crippen molar-refractivity contribution in [2.24, 2.45) is 5.92 Å². The van der Waals surface area contributed by atoms with Crippen LogP contribution in [0, 0.1) is 12.8 Å². The summed E-state index contributed by atoms with van der Waals surface area (Å²) in [5.74, 6) is 1.07. The van der Waals surface area contributed by atoms with Crippen molar-refractivity contribution in [2.75, 3.05) is 6.61 Å². The van der Waals surface area contributed by atoms with E-state index in [2.05, 4.69) is 15.5 Å². The van der Waals surface area contributed by atoms with Crippen LogP contribution in [0.2, 0.25) is 0 Å². The maximum atomic E-state index is 12.5. The molecular weight excluding hydrogens is 302 g/mol. The highest BCUT2D eigenvalue weighted by Gasteiger charge is 2.26. The fraction of sp³-hybridized carbons (Fsp3) is 0.533. The van der Waals surface area contributed by atoms with E-state index in [4.69, 9.17) is 9.26 Å². The molecule has 1 atom stereocenters. The molecule has 2 aromatic heterocycles. The first-order valence-electron chi connectivity index (χ1n) is 7.35. The second-order valence-corrected chi connectivity index (χ2v) is 6.87. The Morgan fingerprint density at radius 3 is 2.91 bits per heavy atom. The molecule has 1 amide bonds. The fourth-order valence-electron chi connectivity index (χ4n) is 2.42. The summed E-state index contributed by atoms with van der Waals surface area (Å²) in [6.45, 7) is 7.11. The normalized spacial score (nSPS) is 15.6. The third-order valence-electron chi connectivity index (χ3n) is 3.61. The minimum absolute atomic E-state index is 0.103. The van der Waals surface area contributed by atoms with Crippen LogP contribution in [0.15, 0.2) is 10.6 Å². The number of hydrogen-bond donors (Lipinski definition) is 1. The number of nitrogens with zero attached hydrogens (tertiary/aromatic N) is 2. The van der Waals surface area contributed by atoms with E-state index in [0.717, 1.165) is 18.6 Å². The van der Waals surface area contributed by atoms with Crippen molar-refractivity contribution in [1.29, 1.82) is 0 Å². The first-order valence-corrected chi connectivity index (χ1v) is 8.16. The van der Waals surface area contributed by atoms with Gasteiger partial charge in [0.1, 0.15) is 6.04 Å². The Hall–Kier alpha value is -1.73. The molecule has 3 rings (SSSR count). The van der Waals surface area contributed by atoms with Gasteiger partial charge in [0, 0.05) is 11.3 Å². The third kappa shape index (κ3) is 3.05. The Bertz CT molecular complexity index is 654. The molecule has 1 aliphatic rings. The van der Waals surface area contributed by atoms with E-state index in [1.807, 2.05) is 19.9 Å². The van der Waals surface area contributed by atoms with Crippen LogP contribution in [0.1, 0.15) is 51.7 Å². The van der Waals surface area contributed by atoms with E-state index in [1.54, 1.807) is 6.92 Å². The Balaban J connectivity index is 1.77. The molecule has 118 valence electrons. The highest BCUT2D eigenvalue weighted by atomic mass is 32.1. The smallest absolute Gasteiger partial charge is 0.262 e. The molecular formula is C15H19N3O3S. The molecule has 0 saturated carbocycles. The maximum Gasteiger partial charge on any atom is 0.262 e. The van der Waals surface area contributed by atoms with Crippen LogP contribution >= 0.6 is 11.3 Å². The molecule has 7 heteroatoms. The van der Waals surface area contributed by atoms with Gasteiger partial charge in [0.15, 0.2) is 5.82 Å². The van der Waals surface area contributed by atoms with Gasteiger partial charge in [-0.15, -0.1) is 11.3 Å². The number of rotatable bonds is 4. The lowest BCUT2D eigenvalue weighted by atomic mass is 10.0. The lowest BCUT2D eigenvalue weighted by Crippen LogP contribution is -2.31. The number of fused-ring (bicyclic) bond motifs is 1. The van der Waals surface area contributed by atoms with Gasteiger partial charge in [-0.3, -0.25) is 4.79 Å². The van der Waals surface area contributed by atoms with Crippen molar-refractivity contribution in [1.82, 2.24) is 15.5 Å². The minimum atomic E-state index is -0.288. The van der Waals surface area contributed by atoms with Gasteiger partial charge in [-0.2, -0.15) is 4.98 Å². The van der Waals surface area contributed by atoms with Gasteiger partial charge in [-0.05, 0) is 24.5 Å². The first kappa shape index (κ1) is 15.2. The number of aryl methyl sites for hydroxylation is 1. The van der Waals surface area contributed by atoms with Crippen molar-refractivity contribution < 1.29 is 14.1 Å². The number of carbonyl (C=O) groups excluding carboxylic acids is 1. The SMILES string of the molecule is Cc1noc(C(NC(=O)c2cc3c(s2)CCOC3)C(C)C)n1. The molecule has 0 aliphatic carbocycles. The highest BCUT2D eigenvalue weighted by Crippen LogP contribution is 2.28. The number of aromatic nitrogens is 2. The van der Waals surface area contributed by atoms with Crippen molar-refractivity contribution in [3.63, 3.8) is 0 Å². The highest BCUT2D eigenvalue weighted by molar-refractivity contribution is 7.14. The molecule has 0 fully saturated rings. The predicted molar refractivity (Wildman–Crippen MR) is 81.8 cm³/mol. The Labute approximate surface area is 132 Å². The van der Waals surface area contributed by atoms with Crippen LogP contribution in [-0.2, 0) is 17.8 Å². The number of hydrogen-bond acceptors (Lipinski definition) is 6.